The number of likely N-dealkylation sites (tertiary alicyclic amines) is 1. The number of carbonyl (C=O) groups is 2. The van der Waals surface area contributed by atoms with E-state index in [1.165, 1.54) is 4.90 Å². The number of carbonyl (C=O) groups excluding carboxylic acids is 1. The SMILES string of the molecule is CCCn1cc(C2C(C(=O)O)CCC(=O)N2C)cn1. The molecule has 2 unspecified atom stereocenters. The highest BCUT2D eigenvalue weighted by molar-refractivity contribution is 5.81. The van der Waals surface area contributed by atoms with E-state index in [9.17, 15) is 14.7 Å². The molecule has 0 saturated carbocycles. The Bertz CT molecular complexity index is 483. The summed E-state index contributed by atoms with van der Waals surface area (Å²) in [5.74, 6) is -1.42. The summed E-state index contributed by atoms with van der Waals surface area (Å²) >= 11 is 0. The largest absolute Gasteiger partial charge is 0.481 e. The van der Waals surface area contributed by atoms with Crippen molar-refractivity contribution < 1.29 is 14.7 Å². The van der Waals surface area contributed by atoms with Crippen LogP contribution in [0.3, 0.4) is 0 Å². The molecule has 1 amide bonds. The van der Waals surface area contributed by atoms with Crippen LogP contribution in [-0.2, 0) is 16.1 Å². The van der Waals surface area contributed by atoms with Gasteiger partial charge in [-0.3, -0.25) is 14.3 Å². The maximum Gasteiger partial charge on any atom is 0.308 e. The van der Waals surface area contributed by atoms with Gasteiger partial charge in [-0.25, -0.2) is 0 Å². The summed E-state index contributed by atoms with van der Waals surface area (Å²) < 4.78 is 1.79. The van der Waals surface area contributed by atoms with Gasteiger partial charge >= 0.3 is 5.97 Å². The first-order valence-corrected chi connectivity index (χ1v) is 6.55. The van der Waals surface area contributed by atoms with Gasteiger partial charge in [0.05, 0.1) is 18.2 Å². The van der Waals surface area contributed by atoms with E-state index in [0.29, 0.717) is 12.8 Å². The molecule has 0 aromatic carbocycles. The van der Waals surface area contributed by atoms with Gasteiger partial charge in [-0.05, 0) is 12.8 Å². The van der Waals surface area contributed by atoms with Crippen molar-refractivity contribution in [3.8, 4) is 0 Å². The third-order valence-corrected chi connectivity index (χ3v) is 3.63. The first-order valence-electron chi connectivity index (χ1n) is 6.55. The van der Waals surface area contributed by atoms with Gasteiger partial charge in [0, 0.05) is 31.8 Å². The number of nitrogens with zero attached hydrogens (tertiary/aromatic N) is 3. The van der Waals surface area contributed by atoms with Gasteiger partial charge in [0.2, 0.25) is 5.91 Å². The third kappa shape index (κ3) is 2.62. The van der Waals surface area contributed by atoms with Gasteiger partial charge < -0.3 is 10.0 Å². The Kier molecular flexibility index (Phi) is 3.87. The van der Waals surface area contributed by atoms with Gasteiger partial charge in [-0.1, -0.05) is 6.92 Å². The minimum Gasteiger partial charge on any atom is -0.481 e. The lowest BCUT2D eigenvalue weighted by Gasteiger charge is -2.36. The van der Waals surface area contributed by atoms with Crippen LogP contribution < -0.4 is 0 Å². The highest BCUT2D eigenvalue weighted by Crippen LogP contribution is 2.35. The van der Waals surface area contributed by atoms with Crippen LogP contribution in [0.4, 0.5) is 0 Å². The number of carboxylic acids is 1. The molecule has 104 valence electrons. The molecule has 1 aromatic heterocycles. The lowest BCUT2D eigenvalue weighted by molar-refractivity contribution is -0.150. The molecule has 0 spiro atoms. The third-order valence-electron chi connectivity index (χ3n) is 3.63. The second-order valence-electron chi connectivity index (χ2n) is 4.97. The van der Waals surface area contributed by atoms with Crippen LogP contribution >= 0.6 is 0 Å². The fourth-order valence-electron chi connectivity index (χ4n) is 2.64. The van der Waals surface area contributed by atoms with Crippen LogP contribution in [0, 0.1) is 5.92 Å². The number of aryl methyl sites for hydroxylation is 1. The molecule has 1 aromatic rings. The smallest absolute Gasteiger partial charge is 0.308 e. The zero-order valence-corrected chi connectivity index (χ0v) is 11.2. The Morgan fingerprint density at radius 1 is 1.58 bits per heavy atom. The Labute approximate surface area is 112 Å². The fraction of sp³-hybridized carbons (Fsp3) is 0.615. The molecule has 1 saturated heterocycles. The highest BCUT2D eigenvalue weighted by Gasteiger charge is 2.39. The number of hydrogen-bond acceptors (Lipinski definition) is 3. The van der Waals surface area contributed by atoms with Crippen molar-refractivity contribution >= 4 is 11.9 Å². The Morgan fingerprint density at radius 3 is 2.95 bits per heavy atom. The molecular formula is C13H19N3O3. The second-order valence-corrected chi connectivity index (χ2v) is 4.97. The first-order chi connectivity index (χ1) is 9.04. The van der Waals surface area contributed by atoms with Crippen molar-refractivity contribution in [2.45, 2.75) is 38.8 Å². The van der Waals surface area contributed by atoms with Crippen LogP contribution in [0.5, 0.6) is 0 Å². The minimum atomic E-state index is -0.854. The van der Waals surface area contributed by atoms with Crippen LogP contribution in [-0.4, -0.2) is 38.7 Å². The molecule has 1 fully saturated rings. The van der Waals surface area contributed by atoms with Gasteiger partial charge in [-0.15, -0.1) is 0 Å². The summed E-state index contributed by atoms with van der Waals surface area (Å²) in [6, 6.07) is -0.413. The number of aromatic nitrogens is 2. The first kappa shape index (κ1) is 13.6. The molecule has 2 rings (SSSR count). The topological polar surface area (TPSA) is 75.4 Å². The van der Waals surface area contributed by atoms with E-state index in [1.54, 1.807) is 17.9 Å². The Balaban J connectivity index is 2.29. The van der Waals surface area contributed by atoms with E-state index in [4.69, 9.17) is 0 Å². The summed E-state index contributed by atoms with van der Waals surface area (Å²) in [5.41, 5.74) is 0.802. The van der Waals surface area contributed by atoms with Crippen molar-refractivity contribution in [3.63, 3.8) is 0 Å². The van der Waals surface area contributed by atoms with Crippen molar-refractivity contribution in [3.05, 3.63) is 18.0 Å². The molecule has 1 aliphatic rings. The molecule has 2 heterocycles. The average molecular weight is 265 g/mol. The number of carboxylic acid groups (broad SMARTS) is 1. The Morgan fingerprint density at radius 2 is 2.32 bits per heavy atom. The summed E-state index contributed by atoms with van der Waals surface area (Å²) in [6.07, 6.45) is 5.17. The fourth-order valence-corrected chi connectivity index (χ4v) is 2.64. The maximum absolute atomic E-state index is 11.8. The highest BCUT2D eigenvalue weighted by atomic mass is 16.4. The van der Waals surface area contributed by atoms with E-state index < -0.39 is 17.9 Å². The van der Waals surface area contributed by atoms with E-state index in [1.807, 2.05) is 6.20 Å². The van der Waals surface area contributed by atoms with Crippen molar-refractivity contribution in [1.29, 1.82) is 0 Å². The second kappa shape index (κ2) is 5.42. The van der Waals surface area contributed by atoms with Crippen LogP contribution in [0.15, 0.2) is 12.4 Å². The number of amides is 1. The quantitative estimate of drug-likeness (QED) is 0.890. The molecule has 6 nitrogen and oxygen atoms in total. The van der Waals surface area contributed by atoms with Gasteiger partial charge in [0.15, 0.2) is 0 Å². The number of rotatable bonds is 4. The van der Waals surface area contributed by atoms with E-state index in [0.717, 1.165) is 18.5 Å². The molecular weight excluding hydrogens is 246 g/mol. The molecule has 1 N–H and O–H groups in total. The van der Waals surface area contributed by atoms with E-state index in [-0.39, 0.29) is 5.91 Å². The summed E-state index contributed by atoms with van der Waals surface area (Å²) in [4.78, 5) is 24.7. The molecule has 0 radical (unpaired) electrons. The maximum atomic E-state index is 11.8. The molecule has 6 heteroatoms. The van der Waals surface area contributed by atoms with Crippen LogP contribution in [0.25, 0.3) is 0 Å². The van der Waals surface area contributed by atoms with E-state index >= 15 is 0 Å². The molecule has 19 heavy (non-hydrogen) atoms. The predicted octanol–water partition coefficient (Wildman–Crippen LogP) is 1.29. The molecule has 1 aliphatic heterocycles. The van der Waals surface area contributed by atoms with Gasteiger partial charge in [-0.2, -0.15) is 5.10 Å². The van der Waals surface area contributed by atoms with Crippen molar-refractivity contribution in [2.24, 2.45) is 5.92 Å². The summed E-state index contributed by atoms with van der Waals surface area (Å²) in [7, 11) is 1.67. The standard InChI is InChI=1S/C13H19N3O3/c1-3-6-16-8-9(7-14-16)12-10(13(18)19)4-5-11(17)15(12)2/h7-8,10,12H,3-6H2,1-2H3,(H,18,19). The van der Waals surface area contributed by atoms with E-state index in [2.05, 4.69) is 12.0 Å². The number of hydrogen-bond donors (Lipinski definition) is 1. The average Bonchev–Trinajstić information content (AvgIpc) is 2.81. The van der Waals surface area contributed by atoms with Gasteiger partial charge in [0.1, 0.15) is 0 Å². The van der Waals surface area contributed by atoms with Crippen molar-refractivity contribution in [1.82, 2.24) is 14.7 Å². The number of piperidine rings is 1. The lowest BCUT2D eigenvalue weighted by atomic mass is 9.86. The van der Waals surface area contributed by atoms with Crippen LogP contribution in [0.2, 0.25) is 0 Å². The zero-order valence-electron chi connectivity index (χ0n) is 11.2. The monoisotopic (exact) mass is 265 g/mol. The lowest BCUT2D eigenvalue weighted by Crippen LogP contribution is -2.42. The summed E-state index contributed by atoms with van der Waals surface area (Å²) in [5, 5.41) is 13.5. The van der Waals surface area contributed by atoms with Crippen LogP contribution in [0.1, 0.15) is 37.8 Å². The number of aliphatic carboxylic acids is 1. The summed E-state index contributed by atoms with van der Waals surface area (Å²) in [6.45, 7) is 2.85. The Hall–Kier alpha value is -1.85. The van der Waals surface area contributed by atoms with Crippen molar-refractivity contribution in [2.75, 3.05) is 7.05 Å². The predicted molar refractivity (Wildman–Crippen MR) is 68.4 cm³/mol. The molecule has 0 bridgehead atoms. The van der Waals surface area contributed by atoms with Gasteiger partial charge in [0.25, 0.3) is 0 Å². The minimum absolute atomic E-state index is 0.00857. The molecule has 0 aliphatic carbocycles. The normalized spacial score (nSPS) is 23.7. The molecule has 2 atom stereocenters. The zero-order chi connectivity index (χ0) is 14.0.